The average Bonchev–Trinajstić information content (AvgIpc) is 2.83. The number of likely N-dealkylation sites (tertiary alicyclic amines) is 1. The lowest BCUT2D eigenvalue weighted by Crippen LogP contribution is -2.43. The highest BCUT2D eigenvalue weighted by atomic mass is 16.2. The van der Waals surface area contributed by atoms with E-state index < -0.39 is 0 Å². The first kappa shape index (κ1) is 17.0. The van der Waals surface area contributed by atoms with Crippen LogP contribution in [0.3, 0.4) is 0 Å². The van der Waals surface area contributed by atoms with Gasteiger partial charge in [-0.2, -0.15) is 0 Å². The number of benzene rings is 1. The van der Waals surface area contributed by atoms with E-state index in [1.807, 2.05) is 11.0 Å². The summed E-state index contributed by atoms with van der Waals surface area (Å²) in [6.07, 6.45) is 5.77. The molecule has 0 aliphatic carbocycles. The molecule has 1 saturated heterocycles. The van der Waals surface area contributed by atoms with Gasteiger partial charge in [-0.15, -0.1) is 0 Å². The van der Waals surface area contributed by atoms with Gasteiger partial charge in [-0.1, -0.05) is 43.2 Å². The van der Waals surface area contributed by atoms with E-state index in [1.54, 1.807) is 0 Å². The van der Waals surface area contributed by atoms with Gasteiger partial charge >= 0.3 is 0 Å². The van der Waals surface area contributed by atoms with Crippen LogP contribution in [0.5, 0.6) is 0 Å². The monoisotopic (exact) mass is 303 g/mol. The molecule has 4 heteroatoms. The Morgan fingerprint density at radius 2 is 1.73 bits per heavy atom. The van der Waals surface area contributed by atoms with Crippen LogP contribution in [-0.4, -0.2) is 55.0 Å². The zero-order valence-electron chi connectivity index (χ0n) is 13.5. The van der Waals surface area contributed by atoms with E-state index in [-0.39, 0.29) is 5.91 Å². The Balaban J connectivity index is 1.83. The molecule has 1 aliphatic heterocycles. The van der Waals surface area contributed by atoms with Crippen LogP contribution in [0.15, 0.2) is 30.3 Å². The number of rotatable bonds is 7. The summed E-state index contributed by atoms with van der Waals surface area (Å²) >= 11 is 0. The van der Waals surface area contributed by atoms with Crippen LogP contribution in [0.25, 0.3) is 0 Å². The van der Waals surface area contributed by atoms with Gasteiger partial charge in [0.15, 0.2) is 0 Å². The molecule has 122 valence electrons. The van der Waals surface area contributed by atoms with Gasteiger partial charge in [0.25, 0.3) is 0 Å². The van der Waals surface area contributed by atoms with Crippen molar-refractivity contribution in [2.45, 2.75) is 32.1 Å². The van der Waals surface area contributed by atoms with E-state index in [9.17, 15) is 4.79 Å². The van der Waals surface area contributed by atoms with Crippen molar-refractivity contribution in [3.05, 3.63) is 35.9 Å². The number of hydrogen-bond donors (Lipinski definition) is 1. The molecule has 0 spiro atoms. The molecule has 4 nitrogen and oxygen atoms in total. The van der Waals surface area contributed by atoms with Crippen molar-refractivity contribution in [1.29, 1.82) is 0 Å². The molecule has 22 heavy (non-hydrogen) atoms. The zero-order chi connectivity index (χ0) is 15.6. The van der Waals surface area contributed by atoms with E-state index in [0.29, 0.717) is 13.1 Å². The molecule has 0 unspecified atom stereocenters. The Labute approximate surface area is 134 Å². The van der Waals surface area contributed by atoms with E-state index >= 15 is 0 Å². The molecule has 2 rings (SSSR count). The highest BCUT2D eigenvalue weighted by Crippen LogP contribution is 2.10. The van der Waals surface area contributed by atoms with Crippen molar-refractivity contribution in [2.24, 2.45) is 5.73 Å². The van der Waals surface area contributed by atoms with Crippen molar-refractivity contribution in [2.75, 3.05) is 39.3 Å². The molecule has 1 amide bonds. The number of nitrogens with two attached hydrogens (primary N) is 1. The Bertz CT molecular complexity index is 427. The minimum Gasteiger partial charge on any atom is -0.342 e. The molecule has 0 aromatic heterocycles. The van der Waals surface area contributed by atoms with Gasteiger partial charge in [0.05, 0.1) is 6.54 Å². The second-order valence-corrected chi connectivity index (χ2v) is 6.10. The maximum Gasteiger partial charge on any atom is 0.236 e. The summed E-state index contributed by atoms with van der Waals surface area (Å²) in [6, 6.07) is 10.4. The smallest absolute Gasteiger partial charge is 0.236 e. The lowest BCUT2D eigenvalue weighted by atomic mass is 10.1. The highest BCUT2D eigenvalue weighted by molar-refractivity contribution is 5.78. The van der Waals surface area contributed by atoms with Crippen LogP contribution >= 0.6 is 0 Å². The van der Waals surface area contributed by atoms with Crippen molar-refractivity contribution in [3.63, 3.8) is 0 Å². The maximum atomic E-state index is 12.5. The molecule has 1 aromatic rings. The van der Waals surface area contributed by atoms with Crippen LogP contribution < -0.4 is 5.73 Å². The standard InChI is InChI=1S/C18H29N3O/c19-11-15-20(14-10-17-8-4-3-5-9-17)16-18(22)21-12-6-1-2-7-13-21/h3-5,8-9H,1-2,6-7,10-16,19H2. The van der Waals surface area contributed by atoms with Crippen molar-refractivity contribution in [3.8, 4) is 0 Å². The van der Waals surface area contributed by atoms with Gasteiger partial charge in [-0.25, -0.2) is 0 Å². The summed E-state index contributed by atoms with van der Waals surface area (Å²) in [5.41, 5.74) is 7.02. The van der Waals surface area contributed by atoms with Crippen molar-refractivity contribution < 1.29 is 4.79 Å². The SMILES string of the molecule is NCCN(CCc1ccccc1)CC(=O)N1CCCCCC1. The van der Waals surface area contributed by atoms with Gasteiger partial charge in [0, 0.05) is 32.7 Å². The fourth-order valence-corrected chi connectivity index (χ4v) is 3.00. The van der Waals surface area contributed by atoms with Crippen LogP contribution in [0.4, 0.5) is 0 Å². The number of carbonyl (C=O) groups is 1. The van der Waals surface area contributed by atoms with E-state index in [2.05, 4.69) is 29.2 Å². The number of amides is 1. The summed E-state index contributed by atoms with van der Waals surface area (Å²) in [4.78, 5) is 16.7. The second-order valence-electron chi connectivity index (χ2n) is 6.10. The Hall–Kier alpha value is -1.39. The predicted octanol–water partition coefficient (Wildman–Crippen LogP) is 1.89. The molecule has 1 heterocycles. The molecule has 0 radical (unpaired) electrons. The molecule has 0 atom stereocenters. The number of nitrogens with zero attached hydrogens (tertiary/aromatic N) is 2. The van der Waals surface area contributed by atoms with Gasteiger partial charge in [-0.3, -0.25) is 9.69 Å². The fraction of sp³-hybridized carbons (Fsp3) is 0.611. The Morgan fingerprint density at radius 3 is 2.36 bits per heavy atom. The summed E-state index contributed by atoms with van der Waals surface area (Å²) in [7, 11) is 0. The molecular weight excluding hydrogens is 274 g/mol. The van der Waals surface area contributed by atoms with Crippen LogP contribution in [0.2, 0.25) is 0 Å². The Kier molecular flexibility index (Phi) is 7.40. The second kappa shape index (κ2) is 9.59. The van der Waals surface area contributed by atoms with E-state index in [1.165, 1.54) is 18.4 Å². The van der Waals surface area contributed by atoms with Crippen molar-refractivity contribution >= 4 is 5.91 Å². The quantitative estimate of drug-likeness (QED) is 0.837. The van der Waals surface area contributed by atoms with E-state index in [0.717, 1.165) is 45.4 Å². The van der Waals surface area contributed by atoms with Crippen LogP contribution in [0.1, 0.15) is 31.2 Å². The van der Waals surface area contributed by atoms with Gasteiger partial charge in [-0.05, 0) is 24.8 Å². The molecule has 1 fully saturated rings. The normalized spacial score (nSPS) is 15.8. The van der Waals surface area contributed by atoms with Crippen LogP contribution in [-0.2, 0) is 11.2 Å². The topological polar surface area (TPSA) is 49.6 Å². The van der Waals surface area contributed by atoms with E-state index in [4.69, 9.17) is 5.73 Å². The first-order valence-electron chi connectivity index (χ1n) is 8.53. The fourth-order valence-electron chi connectivity index (χ4n) is 3.00. The van der Waals surface area contributed by atoms with Gasteiger partial charge in [0.2, 0.25) is 5.91 Å². The molecular formula is C18H29N3O. The molecule has 0 saturated carbocycles. The maximum absolute atomic E-state index is 12.5. The van der Waals surface area contributed by atoms with Gasteiger partial charge in [0.1, 0.15) is 0 Å². The number of carbonyl (C=O) groups excluding carboxylic acids is 1. The zero-order valence-corrected chi connectivity index (χ0v) is 13.5. The average molecular weight is 303 g/mol. The molecule has 1 aliphatic rings. The lowest BCUT2D eigenvalue weighted by molar-refractivity contribution is -0.132. The molecule has 1 aromatic carbocycles. The third-order valence-electron chi connectivity index (χ3n) is 4.32. The summed E-state index contributed by atoms with van der Waals surface area (Å²) in [6.45, 7) is 4.63. The summed E-state index contributed by atoms with van der Waals surface area (Å²) < 4.78 is 0. The first-order chi connectivity index (χ1) is 10.8. The lowest BCUT2D eigenvalue weighted by Gasteiger charge is -2.26. The summed E-state index contributed by atoms with van der Waals surface area (Å²) in [5, 5.41) is 0. The minimum atomic E-state index is 0.267. The Morgan fingerprint density at radius 1 is 1.05 bits per heavy atom. The highest BCUT2D eigenvalue weighted by Gasteiger charge is 2.18. The largest absolute Gasteiger partial charge is 0.342 e. The van der Waals surface area contributed by atoms with Crippen molar-refractivity contribution in [1.82, 2.24) is 9.80 Å². The minimum absolute atomic E-state index is 0.267. The number of hydrogen-bond acceptors (Lipinski definition) is 3. The molecule has 2 N–H and O–H groups in total. The van der Waals surface area contributed by atoms with Crippen LogP contribution in [0, 0.1) is 0 Å². The summed E-state index contributed by atoms with van der Waals surface area (Å²) in [5.74, 6) is 0.267. The molecule has 0 bridgehead atoms. The third-order valence-corrected chi connectivity index (χ3v) is 4.32. The van der Waals surface area contributed by atoms with Gasteiger partial charge < -0.3 is 10.6 Å². The third kappa shape index (κ3) is 5.78. The first-order valence-corrected chi connectivity index (χ1v) is 8.53. The predicted molar refractivity (Wildman–Crippen MR) is 90.7 cm³/mol.